The Morgan fingerprint density at radius 2 is 1.50 bits per heavy atom. The first-order valence-corrected chi connectivity index (χ1v) is 9.75. The average molecular weight is 432 g/mol. The molecule has 0 bridgehead atoms. The highest BCUT2D eigenvalue weighted by molar-refractivity contribution is 6.03. The second-order valence-electron chi connectivity index (χ2n) is 6.90. The van der Waals surface area contributed by atoms with Gasteiger partial charge in [-0.3, -0.25) is 9.59 Å². The van der Waals surface area contributed by atoms with Crippen LogP contribution in [0.3, 0.4) is 0 Å². The van der Waals surface area contributed by atoms with Gasteiger partial charge < -0.3 is 10.6 Å². The van der Waals surface area contributed by atoms with Crippen LogP contribution in [0.5, 0.6) is 0 Å². The molecule has 1 aromatic heterocycles. The number of aromatic nitrogens is 2. The van der Waals surface area contributed by atoms with Crippen molar-refractivity contribution in [2.24, 2.45) is 0 Å². The maximum atomic E-state index is 13.9. The van der Waals surface area contributed by atoms with Gasteiger partial charge >= 0.3 is 0 Å². The highest BCUT2D eigenvalue weighted by atomic mass is 19.1. The number of nitrogens with zero attached hydrogens (tertiary/aromatic N) is 2. The number of carbonyl (C=O) groups is 2. The zero-order valence-electron chi connectivity index (χ0n) is 16.8. The van der Waals surface area contributed by atoms with Crippen LogP contribution in [0.15, 0.2) is 85.1 Å². The molecule has 8 heteroatoms. The maximum absolute atomic E-state index is 13.9. The Bertz CT molecular complexity index is 1270. The van der Waals surface area contributed by atoms with E-state index in [2.05, 4.69) is 15.7 Å². The molecule has 6 nitrogen and oxygen atoms in total. The predicted molar refractivity (Wildman–Crippen MR) is 115 cm³/mol. The van der Waals surface area contributed by atoms with E-state index < -0.39 is 11.7 Å². The highest BCUT2D eigenvalue weighted by Gasteiger charge is 2.13. The molecular weight excluding hydrogens is 414 g/mol. The number of amides is 2. The Labute approximate surface area is 182 Å². The van der Waals surface area contributed by atoms with Gasteiger partial charge in [0.2, 0.25) is 0 Å². The summed E-state index contributed by atoms with van der Waals surface area (Å²) in [4.78, 5) is 24.7. The van der Waals surface area contributed by atoms with E-state index in [9.17, 15) is 18.4 Å². The van der Waals surface area contributed by atoms with Crippen LogP contribution in [-0.2, 0) is 6.54 Å². The fourth-order valence-corrected chi connectivity index (χ4v) is 3.04. The number of hydrogen-bond acceptors (Lipinski definition) is 3. The summed E-state index contributed by atoms with van der Waals surface area (Å²) in [6, 6.07) is 20.0. The summed E-state index contributed by atoms with van der Waals surface area (Å²) < 4.78 is 28.8. The number of hydrogen-bond donors (Lipinski definition) is 2. The van der Waals surface area contributed by atoms with Crippen molar-refractivity contribution in [3.05, 3.63) is 114 Å². The second-order valence-corrected chi connectivity index (χ2v) is 6.90. The van der Waals surface area contributed by atoms with Crippen molar-refractivity contribution < 1.29 is 18.4 Å². The average Bonchev–Trinajstić information content (AvgIpc) is 3.29. The van der Waals surface area contributed by atoms with Crippen LogP contribution in [0.2, 0.25) is 0 Å². The number of rotatable bonds is 6. The van der Waals surface area contributed by atoms with E-state index >= 15 is 0 Å². The van der Waals surface area contributed by atoms with E-state index in [1.807, 2.05) is 0 Å². The Morgan fingerprint density at radius 3 is 2.22 bits per heavy atom. The Morgan fingerprint density at radius 1 is 0.812 bits per heavy atom. The summed E-state index contributed by atoms with van der Waals surface area (Å²) in [6.45, 7) is 0.0641. The zero-order chi connectivity index (χ0) is 22.5. The van der Waals surface area contributed by atoms with E-state index in [0.29, 0.717) is 16.8 Å². The second kappa shape index (κ2) is 9.22. The zero-order valence-corrected chi connectivity index (χ0v) is 16.8. The highest BCUT2D eigenvalue weighted by Crippen LogP contribution is 2.14. The molecule has 1 heterocycles. The summed E-state index contributed by atoms with van der Waals surface area (Å²) >= 11 is 0. The van der Waals surface area contributed by atoms with E-state index in [-0.39, 0.29) is 29.7 Å². The van der Waals surface area contributed by atoms with Gasteiger partial charge in [-0.25, -0.2) is 13.5 Å². The largest absolute Gasteiger partial charge is 0.348 e. The van der Waals surface area contributed by atoms with Crippen LogP contribution >= 0.6 is 0 Å². The van der Waals surface area contributed by atoms with Crippen LogP contribution in [0.4, 0.5) is 14.5 Å². The number of nitrogens with one attached hydrogen (secondary N) is 2. The third-order valence-corrected chi connectivity index (χ3v) is 4.72. The molecule has 0 saturated heterocycles. The minimum Gasteiger partial charge on any atom is -0.348 e. The molecule has 0 atom stereocenters. The first-order valence-electron chi connectivity index (χ1n) is 9.75. The van der Waals surface area contributed by atoms with Crippen LogP contribution in [0.1, 0.15) is 26.4 Å². The van der Waals surface area contributed by atoms with Crippen molar-refractivity contribution in [2.45, 2.75) is 6.54 Å². The number of halogens is 2. The molecule has 4 aromatic rings. The summed E-state index contributed by atoms with van der Waals surface area (Å²) in [7, 11) is 0. The molecule has 2 amide bonds. The topological polar surface area (TPSA) is 76.0 Å². The number of para-hydroxylation sites is 1. The smallest absolute Gasteiger partial charge is 0.276 e. The van der Waals surface area contributed by atoms with Crippen LogP contribution in [0, 0.1) is 11.6 Å². The van der Waals surface area contributed by atoms with Gasteiger partial charge in [-0.2, -0.15) is 5.10 Å². The number of carbonyl (C=O) groups excluding carboxylic acids is 2. The van der Waals surface area contributed by atoms with Gasteiger partial charge in [0.25, 0.3) is 11.8 Å². The number of anilines is 1. The predicted octanol–water partition coefficient (Wildman–Crippen LogP) is 4.33. The monoisotopic (exact) mass is 432 g/mol. The van der Waals surface area contributed by atoms with Gasteiger partial charge in [0.05, 0.1) is 0 Å². The van der Waals surface area contributed by atoms with Crippen molar-refractivity contribution in [2.75, 3.05) is 5.32 Å². The van der Waals surface area contributed by atoms with Crippen molar-refractivity contribution >= 4 is 17.5 Å². The van der Waals surface area contributed by atoms with E-state index in [1.54, 1.807) is 60.7 Å². The lowest BCUT2D eigenvalue weighted by atomic mass is 10.1. The van der Waals surface area contributed by atoms with Crippen LogP contribution in [-0.4, -0.2) is 21.6 Å². The molecular formula is C24H18F2N4O2. The molecule has 0 spiro atoms. The minimum absolute atomic E-state index is 0.0641. The maximum Gasteiger partial charge on any atom is 0.276 e. The third kappa shape index (κ3) is 4.70. The molecule has 32 heavy (non-hydrogen) atoms. The van der Waals surface area contributed by atoms with Gasteiger partial charge in [-0.05, 0) is 48.5 Å². The molecule has 0 aliphatic rings. The first-order chi connectivity index (χ1) is 15.5. The fraction of sp³-hybridized carbons (Fsp3) is 0.0417. The quantitative estimate of drug-likeness (QED) is 0.476. The van der Waals surface area contributed by atoms with Crippen LogP contribution in [0.25, 0.3) is 5.69 Å². The van der Waals surface area contributed by atoms with E-state index in [1.165, 1.54) is 29.1 Å². The standard InChI is InChI=1S/C24H18F2N4O2/c25-19-6-2-1-5-17(19)15-27-23(31)16-9-11-18(12-10-16)28-24(32)21-13-14-30(29-21)22-8-4-3-7-20(22)26/h1-14H,15H2,(H,27,31)(H,28,32). The van der Waals surface area contributed by atoms with E-state index in [4.69, 9.17) is 0 Å². The molecule has 0 fully saturated rings. The normalized spacial score (nSPS) is 10.6. The molecule has 2 N–H and O–H groups in total. The van der Waals surface area contributed by atoms with Gasteiger partial charge in [0.1, 0.15) is 17.3 Å². The molecule has 0 aliphatic carbocycles. The SMILES string of the molecule is O=C(NCc1ccccc1F)c1ccc(NC(=O)c2ccn(-c3ccccc3F)n2)cc1. The summed E-state index contributed by atoms with van der Waals surface area (Å²) in [6.07, 6.45) is 1.50. The van der Waals surface area contributed by atoms with E-state index in [0.717, 1.165) is 0 Å². The molecule has 3 aromatic carbocycles. The minimum atomic E-state index is -0.475. The molecule has 0 aliphatic heterocycles. The van der Waals surface area contributed by atoms with Crippen LogP contribution < -0.4 is 10.6 Å². The van der Waals surface area contributed by atoms with Crippen molar-refractivity contribution in [1.29, 1.82) is 0 Å². The van der Waals surface area contributed by atoms with Crippen molar-refractivity contribution in [3.8, 4) is 5.69 Å². The lowest BCUT2D eigenvalue weighted by molar-refractivity contribution is 0.0950. The molecule has 160 valence electrons. The fourth-order valence-electron chi connectivity index (χ4n) is 3.04. The Hall–Kier alpha value is -4.33. The molecule has 4 rings (SSSR count). The first kappa shape index (κ1) is 20.9. The summed E-state index contributed by atoms with van der Waals surface area (Å²) in [5, 5.41) is 9.45. The Kier molecular flexibility index (Phi) is 6.03. The summed E-state index contributed by atoms with van der Waals surface area (Å²) in [5.74, 6) is -1.68. The third-order valence-electron chi connectivity index (χ3n) is 4.72. The molecule has 0 radical (unpaired) electrons. The van der Waals surface area contributed by atoms with Gasteiger partial charge in [0.15, 0.2) is 5.69 Å². The van der Waals surface area contributed by atoms with Crippen molar-refractivity contribution in [1.82, 2.24) is 15.1 Å². The number of benzene rings is 3. The van der Waals surface area contributed by atoms with Gasteiger partial charge in [0, 0.05) is 29.6 Å². The lowest BCUT2D eigenvalue weighted by Crippen LogP contribution is -2.23. The Balaban J connectivity index is 1.37. The summed E-state index contributed by atoms with van der Waals surface area (Å²) in [5.41, 5.74) is 1.56. The molecule has 0 saturated carbocycles. The van der Waals surface area contributed by atoms with Crippen molar-refractivity contribution in [3.63, 3.8) is 0 Å². The van der Waals surface area contributed by atoms with Gasteiger partial charge in [-0.1, -0.05) is 30.3 Å². The lowest BCUT2D eigenvalue weighted by Gasteiger charge is -2.08. The van der Waals surface area contributed by atoms with Gasteiger partial charge in [-0.15, -0.1) is 0 Å². The molecule has 0 unspecified atom stereocenters.